The first-order chi connectivity index (χ1) is 28.9. The molecule has 10 aliphatic rings. The zero-order chi connectivity index (χ0) is 39.0. The molecule has 59 heavy (non-hydrogen) atoms. The van der Waals surface area contributed by atoms with Gasteiger partial charge in [0.2, 0.25) is 0 Å². The lowest BCUT2D eigenvalue weighted by Crippen LogP contribution is -2.48. The Bertz CT molecular complexity index is 1980. The number of nitrogens with zero attached hydrogens (tertiary/aromatic N) is 2. The Kier molecular flexibility index (Phi) is 9.00. The Morgan fingerprint density at radius 3 is 1.10 bits per heavy atom. The Hall–Kier alpha value is -4.18. The van der Waals surface area contributed by atoms with Crippen LogP contribution in [0.4, 0.5) is 0 Å². The normalized spacial score (nSPS) is 35.9. The van der Waals surface area contributed by atoms with Crippen molar-refractivity contribution in [3.05, 3.63) is 143 Å². The molecule has 4 aromatic rings. The molecule has 0 N–H and O–H groups in total. The van der Waals surface area contributed by atoms with Gasteiger partial charge < -0.3 is 9.47 Å². The Morgan fingerprint density at radius 1 is 0.424 bits per heavy atom. The van der Waals surface area contributed by atoms with Gasteiger partial charge in [0.15, 0.2) is 11.8 Å². The van der Waals surface area contributed by atoms with E-state index in [1.807, 2.05) is 0 Å². The van der Waals surface area contributed by atoms with E-state index < -0.39 is 5.41 Å². The van der Waals surface area contributed by atoms with Gasteiger partial charge in [-0.2, -0.15) is 0 Å². The molecule has 0 spiro atoms. The summed E-state index contributed by atoms with van der Waals surface area (Å²) in [4.78, 5) is 11.0. The Balaban J connectivity index is 0.915. The SMILES string of the molecule is c1ccc(CC2COC(C(Cc3ccc(C45CC6CC(CC(C6)C4)C5)cc3)(Cc3ccc(C45CC6CC(CC(C6)C4)C5)cc3)C3=NC(Cc4ccccc4)CO3)=N2)cc1. The quantitative estimate of drug-likeness (QED) is 0.144. The van der Waals surface area contributed by atoms with Crippen LogP contribution in [0, 0.1) is 40.9 Å². The van der Waals surface area contributed by atoms with Crippen molar-refractivity contribution in [3.8, 4) is 0 Å². The maximum atomic E-state index is 6.88. The first kappa shape index (κ1) is 36.7. The van der Waals surface area contributed by atoms with E-state index in [0.29, 0.717) is 24.0 Å². The fourth-order valence-corrected chi connectivity index (χ4v) is 15.4. The van der Waals surface area contributed by atoms with Crippen molar-refractivity contribution < 1.29 is 9.47 Å². The zero-order valence-electron chi connectivity index (χ0n) is 34.9. The van der Waals surface area contributed by atoms with Crippen molar-refractivity contribution in [3.63, 3.8) is 0 Å². The van der Waals surface area contributed by atoms with E-state index in [1.165, 1.54) is 99.3 Å². The molecule has 2 unspecified atom stereocenters. The summed E-state index contributed by atoms with van der Waals surface area (Å²) < 4.78 is 13.8. The third kappa shape index (κ3) is 6.80. The minimum atomic E-state index is -0.652. The predicted molar refractivity (Wildman–Crippen MR) is 237 cm³/mol. The number of ether oxygens (including phenoxy) is 2. The van der Waals surface area contributed by atoms with Crippen LogP contribution in [-0.2, 0) is 46.0 Å². The molecule has 0 saturated heterocycles. The predicted octanol–water partition coefficient (Wildman–Crippen LogP) is 11.5. The molecule has 4 nitrogen and oxygen atoms in total. The van der Waals surface area contributed by atoms with Gasteiger partial charge in [0.1, 0.15) is 18.6 Å². The summed E-state index contributed by atoms with van der Waals surface area (Å²) in [6.45, 7) is 1.17. The largest absolute Gasteiger partial charge is 0.478 e. The lowest BCUT2D eigenvalue weighted by atomic mass is 9.48. The van der Waals surface area contributed by atoms with Crippen molar-refractivity contribution in [2.75, 3.05) is 13.2 Å². The summed E-state index contributed by atoms with van der Waals surface area (Å²) in [6.07, 6.45) is 20.4. The monoisotopic (exact) mass is 782 g/mol. The van der Waals surface area contributed by atoms with E-state index >= 15 is 0 Å². The maximum absolute atomic E-state index is 6.88. The highest BCUT2D eigenvalue weighted by Gasteiger charge is 2.54. The minimum absolute atomic E-state index is 0.0609. The zero-order valence-corrected chi connectivity index (χ0v) is 34.9. The van der Waals surface area contributed by atoms with Crippen molar-refractivity contribution in [1.29, 1.82) is 0 Å². The van der Waals surface area contributed by atoms with Crippen LogP contribution in [0.2, 0.25) is 0 Å². The standard InChI is InChI=1S/C55H62N2O2/c1-3-7-37(8-4-1)25-49-35-58-51(56-49)55(52-57-50(36-59-52)26-38-9-5-2-6-10-38,33-39-11-15-47(16-12-39)53-27-41-19-42(28-53)21-43(20-41)29-53)34-40-13-17-48(18-14-40)54-30-44-22-45(31-54)24-46(23-44)32-54/h1-18,41-46,49-50H,19-36H2. The molecule has 4 aromatic carbocycles. The first-order valence-corrected chi connectivity index (χ1v) is 23.6. The lowest BCUT2D eigenvalue weighted by molar-refractivity contribution is -0.00531. The minimum Gasteiger partial charge on any atom is -0.478 e. The first-order valence-electron chi connectivity index (χ1n) is 23.6. The fourth-order valence-electron chi connectivity index (χ4n) is 15.4. The van der Waals surface area contributed by atoms with Crippen LogP contribution >= 0.6 is 0 Å². The molecule has 304 valence electrons. The van der Waals surface area contributed by atoms with E-state index in [4.69, 9.17) is 19.5 Å². The van der Waals surface area contributed by atoms with Gasteiger partial charge in [0, 0.05) is 0 Å². The van der Waals surface area contributed by atoms with E-state index in [0.717, 1.165) is 73.0 Å². The van der Waals surface area contributed by atoms with Crippen LogP contribution in [0.25, 0.3) is 0 Å². The molecule has 8 bridgehead atoms. The van der Waals surface area contributed by atoms with Crippen LogP contribution in [0.3, 0.4) is 0 Å². The highest BCUT2D eigenvalue weighted by Crippen LogP contribution is 2.62. The average molecular weight is 783 g/mol. The Morgan fingerprint density at radius 2 is 0.763 bits per heavy atom. The molecule has 14 rings (SSSR count). The smallest absolute Gasteiger partial charge is 0.200 e. The van der Waals surface area contributed by atoms with Gasteiger partial charge >= 0.3 is 0 Å². The van der Waals surface area contributed by atoms with Crippen molar-refractivity contribution in [2.24, 2.45) is 50.9 Å². The molecule has 8 aliphatic carbocycles. The second-order valence-corrected chi connectivity index (χ2v) is 21.4. The van der Waals surface area contributed by atoms with E-state index in [1.54, 1.807) is 11.1 Å². The number of hydrogen-bond donors (Lipinski definition) is 0. The van der Waals surface area contributed by atoms with Gasteiger partial charge in [-0.3, -0.25) is 0 Å². The van der Waals surface area contributed by atoms with Crippen molar-refractivity contribution in [2.45, 2.75) is 126 Å². The van der Waals surface area contributed by atoms with Crippen molar-refractivity contribution in [1.82, 2.24) is 0 Å². The van der Waals surface area contributed by atoms with Crippen LogP contribution in [-0.4, -0.2) is 37.1 Å². The summed E-state index contributed by atoms with van der Waals surface area (Å²) in [5, 5.41) is 0. The molecular weight excluding hydrogens is 721 g/mol. The van der Waals surface area contributed by atoms with Crippen LogP contribution in [0.1, 0.15) is 110 Å². The van der Waals surface area contributed by atoms with Gasteiger partial charge in [-0.15, -0.1) is 0 Å². The van der Waals surface area contributed by atoms with Crippen LogP contribution in [0.15, 0.2) is 119 Å². The van der Waals surface area contributed by atoms with Gasteiger partial charge in [-0.05, 0) is 182 Å². The molecule has 0 radical (unpaired) electrons. The molecule has 0 amide bonds. The second kappa shape index (κ2) is 14.5. The summed E-state index contributed by atoms with van der Waals surface area (Å²) in [7, 11) is 0. The van der Waals surface area contributed by atoms with Gasteiger partial charge in [0.05, 0.1) is 12.1 Å². The van der Waals surface area contributed by atoms with Crippen LogP contribution in [0.5, 0.6) is 0 Å². The molecule has 4 heteroatoms. The number of rotatable bonds is 12. The number of hydrogen-bond acceptors (Lipinski definition) is 4. The molecule has 8 fully saturated rings. The average Bonchev–Trinajstić information content (AvgIpc) is 3.92. The van der Waals surface area contributed by atoms with E-state index in [2.05, 4.69) is 109 Å². The molecule has 2 aliphatic heterocycles. The molecule has 2 atom stereocenters. The molecule has 0 aromatic heterocycles. The summed E-state index contributed by atoms with van der Waals surface area (Å²) in [6, 6.07) is 41.6. The summed E-state index contributed by atoms with van der Waals surface area (Å²) in [5.41, 5.74) is 8.52. The maximum Gasteiger partial charge on any atom is 0.200 e. The highest BCUT2D eigenvalue weighted by atomic mass is 16.5. The number of benzene rings is 4. The molecule has 2 heterocycles. The second-order valence-electron chi connectivity index (χ2n) is 21.4. The van der Waals surface area contributed by atoms with Gasteiger partial charge in [0.25, 0.3) is 0 Å². The number of aliphatic imine (C=N–C) groups is 2. The highest BCUT2D eigenvalue weighted by molar-refractivity contribution is 6.07. The van der Waals surface area contributed by atoms with Gasteiger partial charge in [-0.1, -0.05) is 109 Å². The lowest BCUT2D eigenvalue weighted by Gasteiger charge is -2.57. The molecular formula is C55H62N2O2. The summed E-state index contributed by atoms with van der Waals surface area (Å²) >= 11 is 0. The fraction of sp³-hybridized carbons (Fsp3) is 0.527. The topological polar surface area (TPSA) is 43.2 Å². The van der Waals surface area contributed by atoms with Crippen molar-refractivity contribution >= 4 is 11.8 Å². The third-order valence-corrected chi connectivity index (χ3v) is 17.1. The molecule has 8 saturated carbocycles. The third-order valence-electron chi connectivity index (χ3n) is 17.1. The van der Waals surface area contributed by atoms with E-state index in [9.17, 15) is 0 Å². The van der Waals surface area contributed by atoms with Crippen LogP contribution < -0.4 is 0 Å². The van der Waals surface area contributed by atoms with Gasteiger partial charge in [-0.25, -0.2) is 9.98 Å². The Labute approximate surface area is 352 Å². The van der Waals surface area contributed by atoms with E-state index in [-0.39, 0.29) is 12.1 Å². The summed E-state index contributed by atoms with van der Waals surface area (Å²) in [5.74, 6) is 7.24.